The summed E-state index contributed by atoms with van der Waals surface area (Å²) >= 11 is 6.34. The average molecular weight is 265 g/mol. The van der Waals surface area contributed by atoms with Gasteiger partial charge in [-0.2, -0.15) is 0 Å². The number of hydrogen-bond donors (Lipinski definition) is 0. The van der Waals surface area contributed by atoms with E-state index in [0.29, 0.717) is 6.04 Å². The summed E-state index contributed by atoms with van der Waals surface area (Å²) in [6, 6.07) is 9.52. The van der Waals surface area contributed by atoms with Gasteiger partial charge in [-0.3, -0.25) is 4.90 Å². The van der Waals surface area contributed by atoms with Gasteiger partial charge in [0, 0.05) is 25.2 Å². The number of para-hydroxylation sites is 1. The van der Waals surface area contributed by atoms with Crippen LogP contribution in [-0.2, 0) is 0 Å². The number of rotatable bonds is 1. The molecule has 0 radical (unpaired) electrons. The van der Waals surface area contributed by atoms with Crippen molar-refractivity contribution in [3.63, 3.8) is 0 Å². The molecule has 2 atom stereocenters. The van der Waals surface area contributed by atoms with E-state index in [2.05, 4.69) is 28.9 Å². The van der Waals surface area contributed by atoms with Gasteiger partial charge in [-0.15, -0.1) is 0 Å². The minimum atomic E-state index is 0.555. The number of nitrogens with zero attached hydrogens (tertiary/aromatic N) is 2. The van der Waals surface area contributed by atoms with E-state index < -0.39 is 0 Å². The van der Waals surface area contributed by atoms with E-state index in [1.54, 1.807) is 0 Å². The minimum Gasteiger partial charge on any atom is -0.365 e. The molecule has 0 aliphatic carbocycles. The fraction of sp³-hybridized carbons (Fsp3) is 0.600. The lowest BCUT2D eigenvalue weighted by molar-refractivity contribution is 0.115. The zero-order chi connectivity index (χ0) is 12.5. The summed E-state index contributed by atoms with van der Waals surface area (Å²) in [4.78, 5) is 5.16. The normalized spacial score (nSPS) is 29.1. The SMILES string of the molecule is CC1CN2CCCCC2CN1c1ccccc1Cl. The van der Waals surface area contributed by atoms with Crippen LogP contribution < -0.4 is 4.90 Å². The first-order valence-electron chi connectivity index (χ1n) is 7.01. The Morgan fingerprint density at radius 1 is 1.17 bits per heavy atom. The van der Waals surface area contributed by atoms with Gasteiger partial charge in [0.05, 0.1) is 10.7 Å². The van der Waals surface area contributed by atoms with Crippen LogP contribution in [0.5, 0.6) is 0 Å². The molecular weight excluding hydrogens is 244 g/mol. The molecule has 98 valence electrons. The Hall–Kier alpha value is -0.730. The summed E-state index contributed by atoms with van der Waals surface area (Å²) in [5.41, 5.74) is 1.21. The summed E-state index contributed by atoms with van der Waals surface area (Å²) in [6.07, 6.45) is 4.09. The number of fused-ring (bicyclic) bond motifs is 1. The maximum Gasteiger partial charge on any atom is 0.0639 e. The van der Waals surface area contributed by atoms with E-state index in [4.69, 9.17) is 11.6 Å². The first kappa shape index (κ1) is 12.3. The third kappa shape index (κ3) is 2.24. The molecule has 2 unspecified atom stereocenters. The highest BCUT2D eigenvalue weighted by Gasteiger charge is 2.33. The number of piperidine rings is 1. The van der Waals surface area contributed by atoms with Crippen LogP contribution in [0, 0.1) is 0 Å². The van der Waals surface area contributed by atoms with Crippen molar-refractivity contribution in [2.45, 2.75) is 38.3 Å². The molecule has 0 spiro atoms. The molecule has 18 heavy (non-hydrogen) atoms. The van der Waals surface area contributed by atoms with Crippen LogP contribution in [0.15, 0.2) is 24.3 Å². The van der Waals surface area contributed by atoms with Gasteiger partial charge in [-0.1, -0.05) is 30.2 Å². The lowest BCUT2D eigenvalue weighted by Gasteiger charge is -2.48. The molecule has 0 aromatic heterocycles. The van der Waals surface area contributed by atoms with Gasteiger partial charge >= 0.3 is 0 Å². The minimum absolute atomic E-state index is 0.555. The van der Waals surface area contributed by atoms with Crippen molar-refractivity contribution in [3.05, 3.63) is 29.3 Å². The fourth-order valence-corrected chi connectivity index (χ4v) is 3.62. The topological polar surface area (TPSA) is 6.48 Å². The zero-order valence-corrected chi connectivity index (χ0v) is 11.7. The number of benzene rings is 1. The van der Waals surface area contributed by atoms with Crippen LogP contribution in [0.2, 0.25) is 5.02 Å². The Morgan fingerprint density at radius 2 is 2.00 bits per heavy atom. The maximum atomic E-state index is 6.34. The molecule has 1 aromatic carbocycles. The van der Waals surface area contributed by atoms with E-state index in [9.17, 15) is 0 Å². The fourth-order valence-electron chi connectivity index (χ4n) is 3.37. The Balaban J connectivity index is 1.82. The Bertz CT molecular complexity index is 421. The predicted molar refractivity (Wildman–Crippen MR) is 77.5 cm³/mol. The van der Waals surface area contributed by atoms with Crippen LogP contribution in [0.3, 0.4) is 0 Å². The number of piperazine rings is 1. The molecule has 0 N–H and O–H groups in total. The summed E-state index contributed by atoms with van der Waals surface area (Å²) in [6.45, 7) is 5.90. The molecule has 2 aliphatic heterocycles. The van der Waals surface area contributed by atoms with Crippen molar-refractivity contribution >= 4 is 17.3 Å². The Morgan fingerprint density at radius 3 is 2.83 bits per heavy atom. The smallest absolute Gasteiger partial charge is 0.0639 e. The maximum absolute atomic E-state index is 6.34. The highest BCUT2D eigenvalue weighted by atomic mass is 35.5. The quantitative estimate of drug-likeness (QED) is 0.767. The highest BCUT2D eigenvalue weighted by molar-refractivity contribution is 6.33. The molecule has 0 saturated carbocycles. The molecule has 3 rings (SSSR count). The van der Waals surface area contributed by atoms with E-state index in [0.717, 1.165) is 17.6 Å². The third-order valence-corrected chi connectivity index (χ3v) is 4.67. The van der Waals surface area contributed by atoms with Crippen molar-refractivity contribution in [3.8, 4) is 0 Å². The van der Waals surface area contributed by atoms with Crippen LogP contribution in [0.4, 0.5) is 5.69 Å². The van der Waals surface area contributed by atoms with Gasteiger partial charge in [0.2, 0.25) is 0 Å². The number of halogens is 1. The second kappa shape index (κ2) is 5.10. The molecule has 2 nitrogen and oxygen atoms in total. The second-order valence-electron chi connectivity index (χ2n) is 5.60. The standard InChI is InChI=1S/C15H21ClN2/c1-12-10-17-9-5-4-6-13(17)11-18(12)15-8-3-2-7-14(15)16/h2-3,7-8,12-13H,4-6,9-11H2,1H3. The summed E-state index contributed by atoms with van der Waals surface area (Å²) in [5, 5.41) is 0.883. The van der Waals surface area contributed by atoms with Crippen LogP contribution in [0.25, 0.3) is 0 Å². The van der Waals surface area contributed by atoms with E-state index >= 15 is 0 Å². The summed E-state index contributed by atoms with van der Waals surface area (Å²) < 4.78 is 0. The molecule has 0 amide bonds. The Kier molecular flexibility index (Phi) is 3.49. The second-order valence-corrected chi connectivity index (χ2v) is 6.00. The average Bonchev–Trinajstić information content (AvgIpc) is 2.39. The van der Waals surface area contributed by atoms with Crippen molar-refractivity contribution in [1.29, 1.82) is 0 Å². The molecular formula is C15H21ClN2. The van der Waals surface area contributed by atoms with Crippen LogP contribution >= 0.6 is 11.6 Å². The van der Waals surface area contributed by atoms with Gasteiger partial charge in [0.1, 0.15) is 0 Å². The highest BCUT2D eigenvalue weighted by Crippen LogP contribution is 2.32. The molecule has 1 aromatic rings. The molecule has 0 bridgehead atoms. The lowest BCUT2D eigenvalue weighted by atomic mass is 9.96. The van der Waals surface area contributed by atoms with Crippen molar-refractivity contribution in [2.75, 3.05) is 24.5 Å². The van der Waals surface area contributed by atoms with Crippen molar-refractivity contribution in [2.24, 2.45) is 0 Å². The van der Waals surface area contributed by atoms with Crippen molar-refractivity contribution in [1.82, 2.24) is 4.90 Å². The van der Waals surface area contributed by atoms with E-state index in [1.165, 1.54) is 38.0 Å². The van der Waals surface area contributed by atoms with Gasteiger partial charge in [0.15, 0.2) is 0 Å². The molecule has 2 fully saturated rings. The summed E-state index contributed by atoms with van der Waals surface area (Å²) in [5.74, 6) is 0. The number of hydrogen-bond acceptors (Lipinski definition) is 2. The van der Waals surface area contributed by atoms with Gasteiger partial charge in [0.25, 0.3) is 0 Å². The van der Waals surface area contributed by atoms with Crippen molar-refractivity contribution < 1.29 is 0 Å². The zero-order valence-electron chi connectivity index (χ0n) is 11.0. The van der Waals surface area contributed by atoms with Gasteiger partial charge in [-0.25, -0.2) is 0 Å². The van der Waals surface area contributed by atoms with E-state index in [1.807, 2.05) is 12.1 Å². The molecule has 2 aliphatic rings. The largest absolute Gasteiger partial charge is 0.365 e. The lowest BCUT2D eigenvalue weighted by Crippen LogP contribution is -2.58. The number of anilines is 1. The van der Waals surface area contributed by atoms with Gasteiger partial charge in [-0.05, 0) is 38.4 Å². The molecule has 2 saturated heterocycles. The van der Waals surface area contributed by atoms with Gasteiger partial charge < -0.3 is 4.90 Å². The monoisotopic (exact) mass is 264 g/mol. The predicted octanol–water partition coefficient (Wildman–Crippen LogP) is 3.40. The molecule has 3 heteroatoms. The third-order valence-electron chi connectivity index (χ3n) is 4.35. The first-order chi connectivity index (χ1) is 8.75. The first-order valence-corrected chi connectivity index (χ1v) is 7.39. The summed E-state index contributed by atoms with van der Waals surface area (Å²) in [7, 11) is 0. The van der Waals surface area contributed by atoms with Crippen LogP contribution in [0.1, 0.15) is 26.2 Å². The molecule has 2 heterocycles. The Labute approximate surface area is 115 Å². The van der Waals surface area contributed by atoms with E-state index in [-0.39, 0.29) is 0 Å². The van der Waals surface area contributed by atoms with Crippen LogP contribution in [-0.4, -0.2) is 36.6 Å².